The average molecular weight is 382 g/mol. The molecule has 0 aromatic carbocycles. The van der Waals surface area contributed by atoms with Gasteiger partial charge in [0.1, 0.15) is 0 Å². The minimum absolute atomic E-state index is 0.161. The molecule has 28 heavy (non-hydrogen) atoms. The van der Waals surface area contributed by atoms with E-state index in [1.807, 2.05) is 19.0 Å². The molecule has 5 aliphatic rings. The molecule has 0 amide bonds. The van der Waals surface area contributed by atoms with Crippen LogP contribution in [-0.4, -0.2) is 53.1 Å². The van der Waals surface area contributed by atoms with E-state index in [1.54, 1.807) is 6.20 Å². The van der Waals surface area contributed by atoms with Gasteiger partial charge in [-0.25, -0.2) is 0 Å². The Morgan fingerprint density at radius 2 is 2.04 bits per heavy atom. The van der Waals surface area contributed by atoms with Crippen molar-refractivity contribution in [1.82, 2.24) is 9.88 Å². The number of aromatic nitrogens is 1. The van der Waals surface area contributed by atoms with Gasteiger partial charge in [0, 0.05) is 37.2 Å². The number of Topliss-reactive ketones (excluding diaryl/α,β-unsaturated/α-hetero) is 1. The molecule has 5 atom stereocenters. The number of fused-ring (bicyclic) bond motifs is 1. The Hall–Kier alpha value is -1.72. The summed E-state index contributed by atoms with van der Waals surface area (Å²) >= 11 is 0. The summed E-state index contributed by atoms with van der Waals surface area (Å²) < 4.78 is 0. The maximum Gasteiger partial charge on any atom is 0.167 e. The molecule has 1 heterocycles. The third kappa shape index (κ3) is 3.09. The maximum atomic E-state index is 13.0. The Kier molecular flexibility index (Phi) is 4.36. The number of carbonyl (C=O) groups excluding carboxylic acids is 1. The van der Waals surface area contributed by atoms with E-state index in [0.717, 1.165) is 54.7 Å². The van der Waals surface area contributed by atoms with Gasteiger partial charge in [-0.2, -0.15) is 0 Å². The Morgan fingerprint density at radius 3 is 2.71 bits per heavy atom. The molecular formula is C23H31N3O2. The molecule has 6 rings (SSSR count). The Morgan fingerprint density at radius 1 is 1.29 bits per heavy atom. The smallest absolute Gasteiger partial charge is 0.167 e. The zero-order valence-corrected chi connectivity index (χ0v) is 16.9. The van der Waals surface area contributed by atoms with Gasteiger partial charge >= 0.3 is 0 Å². The molecule has 5 heteroatoms. The number of hydrogen-bond donors (Lipinski definition) is 2. The highest BCUT2D eigenvalue weighted by atomic mass is 16.3. The number of anilines is 1. The molecule has 2 N–H and O–H groups in total. The van der Waals surface area contributed by atoms with Crippen molar-refractivity contribution in [3.63, 3.8) is 0 Å². The summed E-state index contributed by atoms with van der Waals surface area (Å²) in [5.74, 6) is 1.87. The first-order chi connectivity index (χ1) is 13.4. The largest absolute Gasteiger partial charge is 0.390 e. The number of pyridine rings is 1. The summed E-state index contributed by atoms with van der Waals surface area (Å²) in [6.07, 6.45) is 12.6. The van der Waals surface area contributed by atoms with Gasteiger partial charge in [-0.15, -0.1) is 0 Å². The summed E-state index contributed by atoms with van der Waals surface area (Å²) in [6.45, 7) is 0.745. The fraction of sp³-hybridized carbons (Fsp3) is 0.652. The molecule has 5 aliphatic carbocycles. The van der Waals surface area contributed by atoms with Crippen molar-refractivity contribution in [3.8, 4) is 0 Å². The highest BCUT2D eigenvalue weighted by Gasteiger charge is 2.54. The minimum Gasteiger partial charge on any atom is -0.390 e. The normalized spacial score (nSPS) is 34.9. The number of rotatable bonds is 6. The molecule has 1 aromatic heterocycles. The van der Waals surface area contributed by atoms with Crippen LogP contribution in [-0.2, 0) is 6.42 Å². The molecule has 0 aliphatic heterocycles. The number of aliphatic hydroxyl groups is 1. The lowest BCUT2D eigenvalue weighted by Crippen LogP contribution is -2.59. The summed E-state index contributed by atoms with van der Waals surface area (Å²) in [4.78, 5) is 19.6. The first-order valence-electron chi connectivity index (χ1n) is 10.8. The van der Waals surface area contributed by atoms with Crippen LogP contribution in [0.2, 0.25) is 0 Å². The van der Waals surface area contributed by atoms with Crippen LogP contribution in [0.5, 0.6) is 0 Å². The highest BCUT2D eigenvalue weighted by Crippen LogP contribution is 2.56. The number of allylic oxidation sites excluding steroid dienone is 1. The topological polar surface area (TPSA) is 65.5 Å². The second-order valence-electron chi connectivity index (χ2n) is 9.85. The van der Waals surface area contributed by atoms with E-state index in [1.165, 1.54) is 12.8 Å². The molecule has 4 fully saturated rings. The lowest BCUT2D eigenvalue weighted by atomic mass is 9.52. The highest BCUT2D eigenvalue weighted by molar-refractivity contribution is 6.03. The van der Waals surface area contributed by atoms with Gasteiger partial charge < -0.3 is 15.3 Å². The summed E-state index contributed by atoms with van der Waals surface area (Å²) in [7, 11) is 3.99. The van der Waals surface area contributed by atoms with Gasteiger partial charge in [-0.05, 0) is 64.0 Å². The maximum absolute atomic E-state index is 13.0. The van der Waals surface area contributed by atoms with E-state index in [4.69, 9.17) is 0 Å². The van der Waals surface area contributed by atoms with E-state index in [-0.39, 0.29) is 5.78 Å². The Labute approximate surface area is 167 Å². The molecule has 4 bridgehead atoms. The third-order valence-corrected chi connectivity index (χ3v) is 7.43. The molecule has 5 nitrogen and oxygen atoms in total. The van der Waals surface area contributed by atoms with E-state index in [0.29, 0.717) is 30.2 Å². The van der Waals surface area contributed by atoms with Crippen LogP contribution in [0, 0.1) is 17.8 Å². The predicted octanol–water partition coefficient (Wildman–Crippen LogP) is 3.14. The van der Waals surface area contributed by atoms with Crippen molar-refractivity contribution in [2.45, 2.75) is 56.6 Å². The van der Waals surface area contributed by atoms with Crippen LogP contribution < -0.4 is 5.32 Å². The first-order valence-corrected chi connectivity index (χ1v) is 10.8. The zero-order chi connectivity index (χ0) is 19.5. The van der Waals surface area contributed by atoms with Gasteiger partial charge in [-0.1, -0.05) is 12.2 Å². The second-order valence-corrected chi connectivity index (χ2v) is 9.85. The predicted molar refractivity (Wildman–Crippen MR) is 110 cm³/mol. The molecule has 0 spiro atoms. The van der Waals surface area contributed by atoms with E-state index >= 15 is 0 Å². The molecule has 150 valence electrons. The van der Waals surface area contributed by atoms with Crippen molar-refractivity contribution in [1.29, 1.82) is 0 Å². The zero-order valence-electron chi connectivity index (χ0n) is 16.9. The van der Waals surface area contributed by atoms with Crippen molar-refractivity contribution >= 4 is 17.5 Å². The molecule has 0 saturated heterocycles. The van der Waals surface area contributed by atoms with Crippen LogP contribution >= 0.6 is 0 Å². The van der Waals surface area contributed by atoms with Crippen LogP contribution in [0.3, 0.4) is 0 Å². The summed E-state index contributed by atoms with van der Waals surface area (Å²) in [5, 5.41) is 14.7. The van der Waals surface area contributed by atoms with Crippen molar-refractivity contribution in [2.24, 2.45) is 17.8 Å². The van der Waals surface area contributed by atoms with Gasteiger partial charge in [-0.3, -0.25) is 9.78 Å². The lowest BCUT2D eigenvalue weighted by molar-refractivity contribution is -0.129. The van der Waals surface area contributed by atoms with Gasteiger partial charge in [0.05, 0.1) is 22.5 Å². The van der Waals surface area contributed by atoms with Crippen molar-refractivity contribution in [2.75, 3.05) is 26.0 Å². The van der Waals surface area contributed by atoms with E-state index < -0.39 is 5.60 Å². The molecular weight excluding hydrogens is 350 g/mol. The van der Waals surface area contributed by atoms with Gasteiger partial charge in [0.15, 0.2) is 5.78 Å². The number of carbonyl (C=O) groups is 1. The fourth-order valence-corrected chi connectivity index (χ4v) is 6.41. The average Bonchev–Trinajstić information content (AvgIpc) is 3.10. The Bertz CT molecular complexity index is 815. The lowest BCUT2D eigenvalue weighted by Gasteiger charge is -2.58. The van der Waals surface area contributed by atoms with Crippen molar-refractivity contribution < 1.29 is 9.90 Å². The third-order valence-electron chi connectivity index (χ3n) is 7.43. The van der Waals surface area contributed by atoms with Crippen LogP contribution in [0.15, 0.2) is 12.3 Å². The number of nitrogens with one attached hydrogen (secondary N) is 1. The summed E-state index contributed by atoms with van der Waals surface area (Å²) in [6, 6.07) is 0.359. The number of nitrogens with zero attached hydrogens (tertiary/aromatic N) is 2. The van der Waals surface area contributed by atoms with Crippen molar-refractivity contribution in [3.05, 3.63) is 29.1 Å². The van der Waals surface area contributed by atoms with E-state index in [2.05, 4.69) is 22.5 Å². The number of hydrogen-bond acceptors (Lipinski definition) is 5. The van der Waals surface area contributed by atoms with Crippen LogP contribution in [0.4, 0.5) is 5.69 Å². The molecule has 3 unspecified atom stereocenters. The van der Waals surface area contributed by atoms with Gasteiger partial charge in [0.25, 0.3) is 0 Å². The SMILES string of the molecule is CN(C)CCC(=O)c1cnc2c(c1NC1[C@@H]3CC4C[C@H]1CC(O)(C4)C3)C=CC2. The van der Waals surface area contributed by atoms with Crippen LogP contribution in [0.25, 0.3) is 6.08 Å². The molecule has 0 radical (unpaired) electrons. The standard InChI is InChI=1S/C23H31N3O2/c1-26(2)7-6-20(27)18-13-24-19-5-3-4-17(19)22(18)25-21-15-8-14-9-16(21)12-23(28,10-14)11-15/h3-4,13-16,21,28H,5-12H2,1-2H3,(H,24,25)/t14?,15-,16+,21?,23?. The first kappa shape index (κ1) is 18.3. The molecule has 1 aromatic rings. The van der Waals surface area contributed by atoms with E-state index in [9.17, 15) is 9.90 Å². The van der Waals surface area contributed by atoms with Gasteiger partial charge in [0.2, 0.25) is 0 Å². The molecule has 4 saturated carbocycles. The fourth-order valence-electron chi connectivity index (χ4n) is 6.41. The minimum atomic E-state index is -0.431. The quantitative estimate of drug-likeness (QED) is 0.741. The number of ketones is 1. The summed E-state index contributed by atoms with van der Waals surface area (Å²) in [5.41, 5.74) is 3.46. The second kappa shape index (κ2) is 6.67. The Balaban J connectivity index is 1.45. The monoisotopic (exact) mass is 381 g/mol. The van der Waals surface area contributed by atoms with Crippen LogP contribution in [0.1, 0.15) is 60.1 Å².